The number of carbonyl (C=O) groups is 3. The molecule has 1 fully saturated rings. The number of imidazole rings is 1. The van der Waals surface area contributed by atoms with E-state index in [1.165, 1.54) is 11.0 Å². The number of Topliss-reactive ketones (excluding diaryl/α,β-unsaturated/α-hetero) is 1. The Labute approximate surface area is 252 Å². The molecule has 1 amide bonds. The van der Waals surface area contributed by atoms with Crippen molar-refractivity contribution < 1.29 is 29.0 Å². The molecule has 43 heavy (non-hydrogen) atoms. The van der Waals surface area contributed by atoms with Crippen LogP contribution in [0, 0.1) is 19.8 Å². The van der Waals surface area contributed by atoms with Crippen molar-refractivity contribution in [3.8, 4) is 5.75 Å². The fraction of sp³-hybridized carbons (Fsp3) is 0.281. The van der Waals surface area contributed by atoms with Gasteiger partial charge in [-0.05, 0) is 56.0 Å². The Hall–Kier alpha value is -4.77. The van der Waals surface area contributed by atoms with Crippen molar-refractivity contribution in [2.45, 2.75) is 40.2 Å². The molecule has 10 nitrogen and oxygen atoms in total. The van der Waals surface area contributed by atoms with E-state index in [2.05, 4.69) is 30.4 Å². The smallest absolute Gasteiger partial charge is 0.350 e. The fourth-order valence-corrected chi connectivity index (χ4v) is 5.92. The molecule has 0 spiro atoms. The molecule has 1 atom stereocenters. The molecular formula is C32H32N4O6S. The molecule has 0 bridgehead atoms. The molecule has 1 aliphatic rings. The highest BCUT2D eigenvalue weighted by Crippen LogP contribution is 2.45. The summed E-state index contributed by atoms with van der Waals surface area (Å²) >= 11 is 0.938. The highest BCUT2D eigenvalue weighted by Gasteiger charge is 2.49. The largest absolute Gasteiger partial charge is 0.505 e. The summed E-state index contributed by atoms with van der Waals surface area (Å²) in [5.74, 6) is -1.75. The van der Waals surface area contributed by atoms with Gasteiger partial charge in [-0.3, -0.25) is 18.9 Å². The molecular weight excluding hydrogens is 568 g/mol. The maximum absolute atomic E-state index is 13.8. The van der Waals surface area contributed by atoms with Crippen LogP contribution >= 0.6 is 11.3 Å². The molecule has 11 heteroatoms. The van der Waals surface area contributed by atoms with Gasteiger partial charge >= 0.3 is 11.9 Å². The zero-order valence-corrected chi connectivity index (χ0v) is 25.2. The van der Waals surface area contributed by atoms with Gasteiger partial charge in [0.2, 0.25) is 0 Å². The van der Waals surface area contributed by atoms with Crippen LogP contribution in [0.1, 0.15) is 58.6 Å². The third kappa shape index (κ3) is 5.68. The Morgan fingerprint density at radius 1 is 1.14 bits per heavy atom. The number of nitrogens with zero attached hydrogens (tertiary/aromatic N) is 4. The van der Waals surface area contributed by atoms with E-state index < -0.39 is 23.7 Å². The van der Waals surface area contributed by atoms with E-state index in [4.69, 9.17) is 9.47 Å². The van der Waals surface area contributed by atoms with E-state index in [1.54, 1.807) is 60.8 Å². The van der Waals surface area contributed by atoms with Crippen molar-refractivity contribution in [3.05, 3.63) is 94.4 Å². The number of amides is 1. The average molecular weight is 601 g/mol. The number of fused-ring (bicyclic) bond motifs is 1. The Bertz CT molecular complexity index is 1770. The van der Waals surface area contributed by atoms with E-state index in [1.807, 2.05) is 6.07 Å². The number of aliphatic hydroxyl groups excluding tert-OH is 1. The molecule has 0 radical (unpaired) electrons. The highest BCUT2D eigenvalue weighted by molar-refractivity contribution is 7.17. The molecule has 1 N–H and O–H groups in total. The van der Waals surface area contributed by atoms with Crippen LogP contribution < -0.4 is 9.64 Å². The van der Waals surface area contributed by atoms with Crippen LogP contribution in [0.4, 0.5) is 5.13 Å². The number of hydrogen-bond acceptors (Lipinski definition) is 9. The second kappa shape index (κ2) is 12.2. The van der Waals surface area contributed by atoms with Gasteiger partial charge < -0.3 is 14.6 Å². The molecule has 1 aromatic carbocycles. The van der Waals surface area contributed by atoms with Crippen LogP contribution in [-0.4, -0.2) is 50.3 Å². The second-order valence-electron chi connectivity index (χ2n) is 10.5. The summed E-state index contributed by atoms with van der Waals surface area (Å²) in [6, 6.07) is 11.4. The number of ketones is 1. The van der Waals surface area contributed by atoms with Crippen molar-refractivity contribution in [1.82, 2.24) is 14.4 Å². The lowest BCUT2D eigenvalue weighted by Crippen LogP contribution is -2.29. The minimum Gasteiger partial charge on any atom is -0.505 e. The molecule has 4 heterocycles. The number of ether oxygens (including phenoxy) is 2. The van der Waals surface area contributed by atoms with E-state index in [0.717, 1.165) is 17.8 Å². The second-order valence-corrected chi connectivity index (χ2v) is 11.5. The average Bonchev–Trinajstić information content (AvgIpc) is 3.61. The number of aryl methyl sites for hydroxylation is 2. The number of anilines is 1. The first-order valence-corrected chi connectivity index (χ1v) is 14.7. The predicted octanol–water partition coefficient (Wildman–Crippen LogP) is 5.80. The van der Waals surface area contributed by atoms with Crippen molar-refractivity contribution in [3.63, 3.8) is 0 Å². The number of rotatable bonds is 10. The molecule has 5 rings (SSSR count). The third-order valence-corrected chi connectivity index (χ3v) is 8.16. The SMILES string of the molecule is C=CCOC(=O)c1sc(N2C(=O)C(=O)C(=C(O)c3c(C)nc4ccccn34)C2c2cccc(OCCC(C)C)c2)nc1C. The first-order valence-electron chi connectivity index (χ1n) is 13.9. The molecule has 4 aromatic rings. The maximum Gasteiger partial charge on any atom is 0.350 e. The van der Waals surface area contributed by atoms with Crippen molar-refractivity contribution in [2.24, 2.45) is 5.92 Å². The van der Waals surface area contributed by atoms with Crippen LogP contribution in [0.25, 0.3) is 11.4 Å². The number of carbonyl (C=O) groups excluding carboxylic acids is 3. The Balaban J connectivity index is 1.68. The van der Waals surface area contributed by atoms with Gasteiger partial charge in [0.25, 0.3) is 5.78 Å². The molecule has 222 valence electrons. The van der Waals surface area contributed by atoms with Gasteiger partial charge in [0.1, 0.15) is 28.6 Å². The zero-order valence-electron chi connectivity index (χ0n) is 24.4. The third-order valence-electron chi connectivity index (χ3n) is 7.02. The Morgan fingerprint density at radius 3 is 2.67 bits per heavy atom. The topological polar surface area (TPSA) is 123 Å². The minimum absolute atomic E-state index is 0.0122. The van der Waals surface area contributed by atoms with Crippen LogP contribution in [0.2, 0.25) is 0 Å². The maximum atomic E-state index is 13.8. The predicted molar refractivity (Wildman–Crippen MR) is 163 cm³/mol. The number of aromatic nitrogens is 3. The van der Waals surface area contributed by atoms with Gasteiger partial charge in [-0.15, -0.1) is 0 Å². The monoisotopic (exact) mass is 600 g/mol. The molecule has 0 saturated carbocycles. The van der Waals surface area contributed by atoms with Gasteiger partial charge in [-0.1, -0.05) is 56.0 Å². The van der Waals surface area contributed by atoms with Crippen LogP contribution in [0.3, 0.4) is 0 Å². The number of thiazole rings is 1. The lowest BCUT2D eigenvalue weighted by atomic mass is 9.96. The van der Waals surface area contributed by atoms with E-state index in [-0.39, 0.29) is 27.9 Å². The standard InChI is InChI=1S/C32H32N4O6S/c1-6-15-42-31(40)29-20(5)34-32(43-29)36-26(21-10-9-11-22(17-21)41-16-13-18(2)3)24(28(38)30(36)39)27(37)25-19(4)33-23-12-7-8-14-35(23)25/h6-12,14,17-18,26,37H,1,13,15-16H2,2-5H3. The van der Waals surface area contributed by atoms with E-state index >= 15 is 0 Å². The zero-order chi connectivity index (χ0) is 30.8. The number of aliphatic hydroxyl groups is 1. The van der Waals surface area contributed by atoms with E-state index in [0.29, 0.717) is 46.6 Å². The van der Waals surface area contributed by atoms with E-state index in [9.17, 15) is 19.5 Å². The van der Waals surface area contributed by atoms with Gasteiger partial charge in [0.15, 0.2) is 10.9 Å². The first-order chi connectivity index (χ1) is 20.6. The molecule has 1 aliphatic heterocycles. The van der Waals surface area contributed by atoms with Gasteiger partial charge in [0, 0.05) is 6.20 Å². The van der Waals surface area contributed by atoms with Crippen molar-refractivity contribution >= 4 is 45.5 Å². The van der Waals surface area contributed by atoms with Crippen LogP contribution in [0.5, 0.6) is 5.75 Å². The van der Waals surface area contributed by atoms with Gasteiger partial charge in [-0.2, -0.15) is 0 Å². The summed E-state index contributed by atoms with van der Waals surface area (Å²) in [5.41, 5.74) is 2.10. The van der Waals surface area contributed by atoms with Gasteiger partial charge in [0.05, 0.1) is 29.6 Å². The molecule has 1 unspecified atom stereocenters. The number of benzene rings is 1. The van der Waals surface area contributed by atoms with Crippen molar-refractivity contribution in [2.75, 3.05) is 18.1 Å². The quantitative estimate of drug-likeness (QED) is 0.0796. The number of esters is 1. The summed E-state index contributed by atoms with van der Waals surface area (Å²) in [5, 5.41) is 11.9. The van der Waals surface area contributed by atoms with Crippen molar-refractivity contribution in [1.29, 1.82) is 0 Å². The van der Waals surface area contributed by atoms with Gasteiger partial charge in [-0.25, -0.2) is 14.8 Å². The summed E-state index contributed by atoms with van der Waals surface area (Å²) in [4.78, 5) is 50.6. The molecule has 1 saturated heterocycles. The summed E-state index contributed by atoms with van der Waals surface area (Å²) in [7, 11) is 0. The lowest BCUT2D eigenvalue weighted by molar-refractivity contribution is -0.132. The summed E-state index contributed by atoms with van der Waals surface area (Å²) < 4.78 is 12.8. The number of hydrogen-bond donors (Lipinski definition) is 1. The minimum atomic E-state index is -1.06. The van der Waals surface area contributed by atoms with Crippen LogP contribution in [-0.2, 0) is 14.3 Å². The highest BCUT2D eigenvalue weighted by atomic mass is 32.1. The Kier molecular flexibility index (Phi) is 8.45. The summed E-state index contributed by atoms with van der Waals surface area (Å²) in [6.45, 7) is 11.6. The van der Waals surface area contributed by atoms with Crippen LogP contribution in [0.15, 0.2) is 66.9 Å². The normalized spacial score (nSPS) is 16.3. The Morgan fingerprint density at radius 2 is 1.93 bits per heavy atom. The fourth-order valence-electron chi connectivity index (χ4n) is 4.93. The first kappa shape index (κ1) is 29.7. The summed E-state index contributed by atoms with van der Waals surface area (Å²) in [6.07, 6.45) is 4.02. The number of pyridine rings is 1. The molecule has 0 aliphatic carbocycles. The lowest BCUT2D eigenvalue weighted by Gasteiger charge is -2.23. The molecule has 3 aromatic heterocycles.